The maximum atomic E-state index is 11.0. The van der Waals surface area contributed by atoms with E-state index in [4.69, 9.17) is 10.2 Å². The van der Waals surface area contributed by atoms with Gasteiger partial charge in [-0.05, 0) is 12.3 Å². The molecule has 0 radical (unpaired) electrons. The molecule has 0 saturated carbocycles. The third-order valence-electron chi connectivity index (χ3n) is 5.48. The van der Waals surface area contributed by atoms with Crippen LogP contribution in [0.5, 0.6) is 0 Å². The molecular weight excluding hydrogens is 328 g/mol. The van der Waals surface area contributed by atoms with Crippen molar-refractivity contribution in [2.45, 2.75) is 117 Å². The average molecular weight is 371 g/mol. The van der Waals surface area contributed by atoms with Gasteiger partial charge in [0.2, 0.25) is 0 Å². The summed E-state index contributed by atoms with van der Waals surface area (Å²) in [5.74, 6) is -1.80. The number of hydrogen-bond acceptors (Lipinski definition) is 2. The van der Waals surface area contributed by atoms with Crippen LogP contribution in [0.4, 0.5) is 0 Å². The second kappa shape index (κ2) is 17.4. The average Bonchev–Trinajstić information content (AvgIpc) is 2.60. The van der Waals surface area contributed by atoms with Crippen LogP contribution in [-0.2, 0) is 9.59 Å². The SMILES string of the molecule is CCCCCC(CC)CCCCCCCCCCC(CC(=O)O)C(=O)O. The lowest BCUT2D eigenvalue weighted by Gasteiger charge is -2.14. The minimum atomic E-state index is -1.02. The molecule has 2 unspecified atom stereocenters. The standard InChI is InChI=1S/C22H42O4/c1-3-5-12-15-19(4-2)16-13-10-8-6-7-9-11-14-17-20(22(25)26)18-21(23)24/h19-20H,3-18H2,1-2H3,(H,23,24)(H,25,26). The van der Waals surface area contributed by atoms with Crippen LogP contribution in [0, 0.1) is 11.8 Å². The molecule has 0 aliphatic rings. The molecular formula is C22H42O4. The van der Waals surface area contributed by atoms with Gasteiger partial charge in [0, 0.05) is 0 Å². The molecule has 0 rings (SSSR count). The van der Waals surface area contributed by atoms with Crippen LogP contribution >= 0.6 is 0 Å². The summed E-state index contributed by atoms with van der Waals surface area (Å²) < 4.78 is 0. The zero-order valence-corrected chi connectivity index (χ0v) is 17.2. The Balaban J connectivity index is 3.50. The van der Waals surface area contributed by atoms with E-state index in [9.17, 15) is 9.59 Å². The molecule has 2 atom stereocenters. The normalized spacial score (nSPS) is 13.5. The zero-order valence-electron chi connectivity index (χ0n) is 17.2. The van der Waals surface area contributed by atoms with E-state index in [-0.39, 0.29) is 6.42 Å². The third kappa shape index (κ3) is 15.2. The highest BCUT2D eigenvalue weighted by atomic mass is 16.4. The molecule has 26 heavy (non-hydrogen) atoms. The highest BCUT2D eigenvalue weighted by Gasteiger charge is 2.20. The minimum absolute atomic E-state index is 0.257. The first-order valence-electron chi connectivity index (χ1n) is 11.0. The van der Waals surface area contributed by atoms with Crippen LogP contribution in [0.2, 0.25) is 0 Å². The largest absolute Gasteiger partial charge is 0.481 e. The fraction of sp³-hybridized carbons (Fsp3) is 0.909. The van der Waals surface area contributed by atoms with E-state index in [1.54, 1.807) is 0 Å². The van der Waals surface area contributed by atoms with Crippen molar-refractivity contribution in [1.29, 1.82) is 0 Å². The summed E-state index contributed by atoms with van der Waals surface area (Å²) >= 11 is 0. The van der Waals surface area contributed by atoms with Crippen molar-refractivity contribution < 1.29 is 19.8 Å². The molecule has 0 aromatic carbocycles. The predicted octanol–water partition coefficient (Wildman–Crippen LogP) is 6.67. The van der Waals surface area contributed by atoms with E-state index >= 15 is 0 Å². The number of carboxylic acids is 2. The Hall–Kier alpha value is -1.06. The van der Waals surface area contributed by atoms with Crippen molar-refractivity contribution in [2.24, 2.45) is 11.8 Å². The first-order valence-corrected chi connectivity index (χ1v) is 11.0. The molecule has 2 N–H and O–H groups in total. The maximum absolute atomic E-state index is 11.0. The van der Waals surface area contributed by atoms with E-state index in [1.165, 1.54) is 70.6 Å². The van der Waals surface area contributed by atoms with Gasteiger partial charge in [-0.2, -0.15) is 0 Å². The molecule has 4 heteroatoms. The zero-order chi connectivity index (χ0) is 19.6. The van der Waals surface area contributed by atoms with Gasteiger partial charge in [-0.3, -0.25) is 9.59 Å². The van der Waals surface area contributed by atoms with Gasteiger partial charge in [0.15, 0.2) is 0 Å². The van der Waals surface area contributed by atoms with Gasteiger partial charge in [0.05, 0.1) is 12.3 Å². The lowest BCUT2D eigenvalue weighted by molar-refractivity contribution is -0.148. The number of hydrogen-bond donors (Lipinski definition) is 2. The molecule has 0 bridgehead atoms. The van der Waals surface area contributed by atoms with Gasteiger partial charge in [0.1, 0.15) is 0 Å². The quantitative estimate of drug-likeness (QED) is 0.249. The van der Waals surface area contributed by atoms with Gasteiger partial charge >= 0.3 is 11.9 Å². The molecule has 0 aromatic heterocycles. The van der Waals surface area contributed by atoms with Crippen LogP contribution in [0.3, 0.4) is 0 Å². The lowest BCUT2D eigenvalue weighted by atomic mass is 9.92. The summed E-state index contributed by atoms with van der Waals surface area (Å²) in [5, 5.41) is 17.7. The van der Waals surface area contributed by atoms with Crippen LogP contribution in [-0.4, -0.2) is 22.2 Å². The van der Waals surface area contributed by atoms with Gasteiger partial charge in [-0.15, -0.1) is 0 Å². The van der Waals surface area contributed by atoms with E-state index in [2.05, 4.69) is 13.8 Å². The van der Waals surface area contributed by atoms with Gasteiger partial charge < -0.3 is 10.2 Å². The van der Waals surface area contributed by atoms with Gasteiger partial charge in [-0.25, -0.2) is 0 Å². The van der Waals surface area contributed by atoms with Crippen LogP contribution in [0.1, 0.15) is 117 Å². The second-order valence-electron chi connectivity index (χ2n) is 7.81. The number of aliphatic carboxylic acids is 2. The minimum Gasteiger partial charge on any atom is -0.481 e. The van der Waals surface area contributed by atoms with Crippen molar-refractivity contribution in [3.63, 3.8) is 0 Å². The van der Waals surface area contributed by atoms with E-state index in [0.717, 1.165) is 25.2 Å². The monoisotopic (exact) mass is 370 g/mol. The molecule has 4 nitrogen and oxygen atoms in total. The first-order chi connectivity index (χ1) is 12.5. The molecule has 0 saturated heterocycles. The topological polar surface area (TPSA) is 74.6 Å². The number of rotatable bonds is 19. The summed E-state index contributed by atoms with van der Waals surface area (Å²) in [6.45, 7) is 4.59. The van der Waals surface area contributed by atoms with Crippen molar-refractivity contribution >= 4 is 11.9 Å². The summed E-state index contributed by atoms with van der Waals surface area (Å²) in [7, 11) is 0. The molecule has 0 fully saturated rings. The third-order valence-corrected chi connectivity index (χ3v) is 5.48. The first kappa shape index (κ1) is 24.9. The molecule has 0 heterocycles. The van der Waals surface area contributed by atoms with Crippen molar-refractivity contribution in [1.82, 2.24) is 0 Å². The van der Waals surface area contributed by atoms with Crippen molar-refractivity contribution in [3.8, 4) is 0 Å². The van der Waals surface area contributed by atoms with Crippen molar-refractivity contribution in [3.05, 3.63) is 0 Å². The van der Waals surface area contributed by atoms with E-state index < -0.39 is 17.9 Å². The Morgan fingerprint density at radius 1 is 0.692 bits per heavy atom. The maximum Gasteiger partial charge on any atom is 0.307 e. The van der Waals surface area contributed by atoms with E-state index in [0.29, 0.717) is 6.42 Å². The van der Waals surface area contributed by atoms with E-state index in [1.807, 2.05) is 0 Å². The van der Waals surface area contributed by atoms with Crippen molar-refractivity contribution in [2.75, 3.05) is 0 Å². The van der Waals surface area contributed by atoms with Gasteiger partial charge in [-0.1, -0.05) is 104 Å². The van der Waals surface area contributed by atoms with Crippen LogP contribution in [0.15, 0.2) is 0 Å². The fourth-order valence-electron chi connectivity index (χ4n) is 3.64. The Labute approximate surface area is 160 Å². The molecule has 0 aliphatic heterocycles. The highest BCUT2D eigenvalue weighted by Crippen LogP contribution is 2.21. The Kier molecular flexibility index (Phi) is 16.7. The summed E-state index contributed by atoms with van der Waals surface area (Å²) in [4.78, 5) is 21.6. The highest BCUT2D eigenvalue weighted by molar-refractivity contribution is 5.77. The smallest absolute Gasteiger partial charge is 0.307 e. The van der Waals surface area contributed by atoms with Crippen LogP contribution < -0.4 is 0 Å². The second-order valence-corrected chi connectivity index (χ2v) is 7.81. The number of carbonyl (C=O) groups is 2. The summed E-state index contributed by atoms with van der Waals surface area (Å²) in [6, 6.07) is 0. The summed E-state index contributed by atoms with van der Waals surface area (Å²) in [6.07, 6.45) is 17.9. The molecule has 154 valence electrons. The van der Waals surface area contributed by atoms with Crippen LogP contribution in [0.25, 0.3) is 0 Å². The molecule has 0 amide bonds. The molecule has 0 aliphatic carbocycles. The van der Waals surface area contributed by atoms with Gasteiger partial charge in [0.25, 0.3) is 0 Å². The number of carboxylic acid groups (broad SMARTS) is 2. The lowest BCUT2D eigenvalue weighted by Crippen LogP contribution is -2.17. The Bertz CT molecular complexity index is 354. The Morgan fingerprint density at radius 3 is 1.58 bits per heavy atom. The number of unbranched alkanes of at least 4 members (excludes halogenated alkanes) is 9. The molecule has 0 spiro atoms. The Morgan fingerprint density at radius 2 is 1.15 bits per heavy atom. The predicted molar refractivity (Wildman–Crippen MR) is 107 cm³/mol. The molecule has 0 aromatic rings. The fourth-order valence-corrected chi connectivity index (χ4v) is 3.64. The summed E-state index contributed by atoms with van der Waals surface area (Å²) in [5.41, 5.74) is 0.